The Bertz CT molecular complexity index is 844. The molecule has 0 saturated heterocycles. The van der Waals surface area contributed by atoms with Gasteiger partial charge in [-0.25, -0.2) is 13.8 Å². The Hall–Kier alpha value is -2.76. The van der Waals surface area contributed by atoms with E-state index in [0.717, 1.165) is 23.2 Å². The van der Waals surface area contributed by atoms with Gasteiger partial charge in [0.1, 0.15) is 11.6 Å². The van der Waals surface area contributed by atoms with E-state index in [-0.39, 0.29) is 11.5 Å². The Labute approximate surface area is 125 Å². The lowest BCUT2D eigenvalue weighted by Gasteiger charge is -2.15. The van der Waals surface area contributed by atoms with Crippen molar-refractivity contribution >= 4 is 16.9 Å². The number of nitrogens with zero attached hydrogens (tertiary/aromatic N) is 1. The monoisotopic (exact) mass is 301 g/mol. The molecule has 0 spiro atoms. The number of halogens is 2. The lowest BCUT2D eigenvalue weighted by Crippen LogP contribution is -2.27. The molecule has 1 aromatic heterocycles. The average Bonchev–Trinajstić information content (AvgIpc) is 2.94. The minimum atomic E-state index is -0.683. The summed E-state index contributed by atoms with van der Waals surface area (Å²) in [6.45, 7) is 1.64. The van der Waals surface area contributed by atoms with E-state index >= 15 is 0 Å². The number of nitrogens with one attached hydrogen (secondary N) is 2. The molecule has 1 amide bonds. The number of carbonyl (C=O) groups excluding carboxylic acids is 1. The van der Waals surface area contributed by atoms with E-state index in [9.17, 15) is 13.6 Å². The first kappa shape index (κ1) is 14.2. The lowest BCUT2D eigenvalue weighted by molar-refractivity contribution is 0.0939. The summed E-state index contributed by atoms with van der Waals surface area (Å²) < 4.78 is 26.6. The van der Waals surface area contributed by atoms with Crippen molar-refractivity contribution in [3.05, 3.63) is 65.5 Å². The number of H-pyrrole nitrogens is 1. The molecule has 2 aromatic carbocycles. The van der Waals surface area contributed by atoms with Crippen molar-refractivity contribution in [1.29, 1.82) is 0 Å². The summed E-state index contributed by atoms with van der Waals surface area (Å²) in [6, 6.07) is 7.76. The number of benzene rings is 2. The fraction of sp³-hybridized carbons (Fsp3) is 0.125. The third-order valence-corrected chi connectivity index (χ3v) is 3.46. The molecule has 3 rings (SSSR count). The molecule has 6 heteroatoms. The number of rotatable bonds is 3. The van der Waals surface area contributed by atoms with Crippen LogP contribution in [-0.2, 0) is 0 Å². The smallest absolute Gasteiger partial charge is 0.251 e. The van der Waals surface area contributed by atoms with Gasteiger partial charge in [0.15, 0.2) is 0 Å². The zero-order valence-corrected chi connectivity index (χ0v) is 11.7. The third-order valence-electron chi connectivity index (χ3n) is 3.46. The molecule has 0 unspecified atom stereocenters. The maximum Gasteiger partial charge on any atom is 0.251 e. The van der Waals surface area contributed by atoms with Crippen LogP contribution in [0, 0.1) is 11.6 Å². The fourth-order valence-corrected chi connectivity index (χ4v) is 2.29. The molecule has 0 aliphatic rings. The Morgan fingerprint density at radius 2 is 2.05 bits per heavy atom. The Morgan fingerprint density at radius 1 is 1.23 bits per heavy atom. The molecule has 0 radical (unpaired) electrons. The molecule has 1 heterocycles. The quantitative estimate of drug-likeness (QED) is 0.779. The minimum Gasteiger partial charge on any atom is -0.345 e. The number of hydrogen-bond donors (Lipinski definition) is 2. The highest BCUT2D eigenvalue weighted by atomic mass is 19.1. The van der Waals surface area contributed by atoms with E-state index in [1.54, 1.807) is 31.5 Å². The molecule has 2 N–H and O–H groups in total. The van der Waals surface area contributed by atoms with Gasteiger partial charge in [0, 0.05) is 17.2 Å². The highest BCUT2D eigenvalue weighted by Gasteiger charge is 2.15. The van der Waals surface area contributed by atoms with Crippen LogP contribution in [-0.4, -0.2) is 15.9 Å². The van der Waals surface area contributed by atoms with Gasteiger partial charge in [0.2, 0.25) is 0 Å². The molecule has 0 aliphatic carbocycles. The number of carbonyl (C=O) groups is 1. The third kappa shape index (κ3) is 2.67. The molecule has 112 valence electrons. The van der Waals surface area contributed by atoms with Crippen molar-refractivity contribution in [2.75, 3.05) is 0 Å². The Balaban J connectivity index is 1.80. The summed E-state index contributed by atoms with van der Waals surface area (Å²) in [6.07, 6.45) is 1.54. The van der Waals surface area contributed by atoms with Crippen LogP contribution < -0.4 is 5.32 Å². The van der Waals surface area contributed by atoms with Crippen LogP contribution >= 0.6 is 0 Å². The molecule has 0 aliphatic heterocycles. The van der Waals surface area contributed by atoms with E-state index in [1.165, 1.54) is 6.07 Å². The summed E-state index contributed by atoms with van der Waals surface area (Å²) in [5.41, 5.74) is 2.17. The standard InChI is InChI=1S/C16H13F2N3O/c1-9(12-4-3-11(17)7-13(12)18)21-16(22)10-2-5-14-15(6-10)20-8-19-14/h2-9H,1H3,(H,19,20)(H,21,22)/t9-/m1/s1. The molecular weight excluding hydrogens is 288 g/mol. The van der Waals surface area contributed by atoms with Gasteiger partial charge in [-0.15, -0.1) is 0 Å². The predicted molar refractivity (Wildman–Crippen MR) is 78.3 cm³/mol. The first-order chi connectivity index (χ1) is 10.5. The number of aromatic nitrogens is 2. The van der Waals surface area contributed by atoms with Crippen LogP contribution in [0.3, 0.4) is 0 Å². The molecule has 1 atom stereocenters. The minimum absolute atomic E-state index is 0.234. The Morgan fingerprint density at radius 3 is 2.82 bits per heavy atom. The van der Waals surface area contributed by atoms with Crippen molar-refractivity contribution in [2.45, 2.75) is 13.0 Å². The zero-order valence-electron chi connectivity index (χ0n) is 11.7. The summed E-state index contributed by atoms with van der Waals surface area (Å²) in [5.74, 6) is -1.67. The largest absolute Gasteiger partial charge is 0.345 e. The van der Waals surface area contributed by atoms with Gasteiger partial charge in [-0.05, 0) is 31.2 Å². The second-order valence-electron chi connectivity index (χ2n) is 5.00. The van der Waals surface area contributed by atoms with Crippen LogP contribution in [0.15, 0.2) is 42.7 Å². The van der Waals surface area contributed by atoms with Crippen LogP contribution in [0.5, 0.6) is 0 Å². The number of amides is 1. The molecule has 0 saturated carbocycles. The topological polar surface area (TPSA) is 57.8 Å². The summed E-state index contributed by atoms with van der Waals surface area (Å²) >= 11 is 0. The zero-order chi connectivity index (χ0) is 15.7. The van der Waals surface area contributed by atoms with Gasteiger partial charge in [0.05, 0.1) is 23.4 Å². The normalized spacial score (nSPS) is 12.3. The summed E-state index contributed by atoms with van der Waals surface area (Å²) in [5, 5.41) is 2.69. The average molecular weight is 301 g/mol. The highest BCUT2D eigenvalue weighted by molar-refractivity contribution is 5.97. The van der Waals surface area contributed by atoms with E-state index < -0.39 is 17.7 Å². The second-order valence-corrected chi connectivity index (χ2v) is 5.00. The molecular formula is C16H13F2N3O. The number of imidazole rings is 1. The van der Waals surface area contributed by atoms with Gasteiger partial charge in [-0.1, -0.05) is 6.07 Å². The van der Waals surface area contributed by atoms with Gasteiger partial charge in [-0.3, -0.25) is 4.79 Å². The molecule has 0 fully saturated rings. The van der Waals surface area contributed by atoms with Crippen molar-refractivity contribution in [3.8, 4) is 0 Å². The van der Waals surface area contributed by atoms with Crippen molar-refractivity contribution in [1.82, 2.24) is 15.3 Å². The number of aromatic amines is 1. The fourth-order valence-electron chi connectivity index (χ4n) is 2.29. The molecule has 0 bridgehead atoms. The summed E-state index contributed by atoms with van der Waals surface area (Å²) in [7, 11) is 0. The SMILES string of the molecule is C[C@@H](NC(=O)c1ccc2nc[nH]c2c1)c1ccc(F)cc1F. The van der Waals surface area contributed by atoms with Gasteiger partial charge in [0.25, 0.3) is 5.91 Å². The van der Waals surface area contributed by atoms with E-state index in [1.807, 2.05) is 0 Å². The van der Waals surface area contributed by atoms with Crippen LogP contribution in [0.2, 0.25) is 0 Å². The molecule has 4 nitrogen and oxygen atoms in total. The molecule has 22 heavy (non-hydrogen) atoms. The van der Waals surface area contributed by atoms with Crippen molar-refractivity contribution in [3.63, 3.8) is 0 Å². The van der Waals surface area contributed by atoms with Gasteiger partial charge >= 0.3 is 0 Å². The first-order valence-corrected chi connectivity index (χ1v) is 6.73. The van der Waals surface area contributed by atoms with Gasteiger partial charge in [-0.2, -0.15) is 0 Å². The van der Waals surface area contributed by atoms with Crippen LogP contribution in [0.4, 0.5) is 8.78 Å². The predicted octanol–water partition coefficient (Wildman–Crippen LogP) is 3.33. The van der Waals surface area contributed by atoms with Crippen LogP contribution in [0.1, 0.15) is 28.9 Å². The summed E-state index contributed by atoms with van der Waals surface area (Å²) in [4.78, 5) is 19.2. The number of hydrogen-bond acceptors (Lipinski definition) is 2. The maximum atomic E-state index is 13.7. The Kier molecular flexibility index (Phi) is 3.58. The van der Waals surface area contributed by atoms with E-state index in [0.29, 0.717) is 5.56 Å². The van der Waals surface area contributed by atoms with E-state index in [4.69, 9.17) is 0 Å². The first-order valence-electron chi connectivity index (χ1n) is 6.73. The van der Waals surface area contributed by atoms with Gasteiger partial charge < -0.3 is 10.3 Å². The van der Waals surface area contributed by atoms with Crippen LogP contribution in [0.25, 0.3) is 11.0 Å². The maximum absolute atomic E-state index is 13.7. The second kappa shape index (κ2) is 5.55. The highest BCUT2D eigenvalue weighted by Crippen LogP contribution is 2.19. The molecule has 3 aromatic rings. The van der Waals surface area contributed by atoms with Crippen molar-refractivity contribution < 1.29 is 13.6 Å². The lowest BCUT2D eigenvalue weighted by atomic mass is 10.1. The van der Waals surface area contributed by atoms with E-state index in [2.05, 4.69) is 15.3 Å². The van der Waals surface area contributed by atoms with Crippen molar-refractivity contribution in [2.24, 2.45) is 0 Å². The number of fused-ring (bicyclic) bond motifs is 1.